The molecule has 1 N–H and O–H groups in total. The lowest BCUT2D eigenvalue weighted by atomic mass is 10.2. The van der Waals surface area contributed by atoms with E-state index in [1.54, 1.807) is 11.9 Å². The van der Waals surface area contributed by atoms with Gasteiger partial charge in [-0.3, -0.25) is 0 Å². The zero-order valence-electron chi connectivity index (χ0n) is 4.92. The van der Waals surface area contributed by atoms with Crippen molar-refractivity contribution in [3.05, 3.63) is 29.8 Å². The predicted molar refractivity (Wildman–Crippen MR) is 43.5 cm³/mol. The third kappa shape index (κ3) is 0.793. The molecular weight excluding hydrogens is 130 g/mol. The number of benzene rings is 1. The number of hydrogen-bond acceptors (Lipinski definition) is 2. The second kappa shape index (κ2) is 1.95. The van der Waals surface area contributed by atoms with Crippen LogP contribution in [0.5, 0.6) is 0 Å². The first kappa shape index (κ1) is 5.18. The maximum atomic E-state index is 3.22. The zero-order valence-corrected chi connectivity index (χ0v) is 5.74. The van der Waals surface area contributed by atoms with Crippen molar-refractivity contribution in [3.8, 4) is 0 Å². The van der Waals surface area contributed by atoms with E-state index < -0.39 is 0 Å². The molecule has 2 heteroatoms. The molecule has 0 radical (unpaired) electrons. The van der Waals surface area contributed by atoms with Crippen LogP contribution in [0.3, 0.4) is 0 Å². The van der Waals surface area contributed by atoms with Gasteiger partial charge in [-0.05, 0) is 23.6 Å². The van der Waals surface area contributed by atoms with E-state index in [4.69, 9.17) is 0 Å². The van der Waals surface area contributed by atoms with Crippen LogP contribution < -0.4 is 4.72 Å². The molecule has 0 fully saturated rings. The van der Waals surface area contributed by atoms with E-state index in [9.17, 15) is 0 Å². The first-order valence-corrected chi connectivity index (χ1v) is 3.91. The molecule has 9 heavy (non-hydrogen) atoms. The Morgan fingerprint density at radius 2 is 2.33 bits per heavy atom. The van der Waals surface area contributed by atoms with Crippen LogP contribution in [0.15, 0.2) is 24.3 Å². The van der Waals surface area contributed by atoms with Crippen molar-refractivity contribution >= 4 is 17.6 Å². The number of para-hydroxylation sites is 1. The fourth-order valence-electron chi connectivity index (χ4n) is 0.937. The highest BCUT2D eigenvalue weighted by Gasteiger charge is 2.06. The topological polar surface area (TPSA) is 12.0 Å². The van der Waals surface area contributed by atoms with Gasteiger partial charge in [0.05, 0.1) is 0 Å². The summed E-state index contributed by atoms with van der Waals surface area (Å²) < 4.78 is 3.22. The summed E-state index contributed by atoms with van der Waals surface area (Å²) in [5, 5.41) is 0. The average molecular weight is 139 g/mol. The van der Waals surface area contributed by atoms with Gasteiger partial charge in [0.1, 0.15) is 0 Å². The maximum absolute atomic E-state index is 3.22. The molecule has 1 nitrogen and oxygen atoms in total. The minimum Gasteiger partial charge on any atom is -0.329 e. The predicted octanol–water partition coefficient (Wildman–Crippen LogP) is 2.51. The van der Waals surface area contributed by atoms with Gasteiger partial charge in [-0.2, -0.15) is 0 Å². The maximum Gasteiger partial charge on any atom is 0.0481 e. The molecule has 0 bridgehead atoms. The second-order valence-electron chi connectivity index (χ2n) is 2.05. The molecule has 2 rings (SSSR count). The molecule has 1 aliphatic rings. The molecule has 1 aromatic carbocycles. The molecule has 0 aliphatic carbocycles. The molecule has 1 aromatic rings. The summed E-state index contributed by atoms with van der Waals surface area (Å²) in [6.07, 6.45) is 0. The summed E-state index contributed by atoms with van der Waals surface area (Å²) in [6.45, 7) is 0. The van der Waals surface area contributed by atoms with E-state index in [0.717, 1.165) is 5.75 Å². The standard InChI is InChI=1S/C7H7NS.H2/c1-2-4-7-6(3-1)5-9-8-7;/h1-4,8H,5H2;1H. The molecule has 48 valence electrons. The molecule has 0 unspecified atom stereocenters. The second-order valence-corrected chi connectivity index (χ2v) is 2.83. The van der Waals surface area contributed by atoms with Gasteiger partial charge in [-0.15, -0.1) is 0 Å². The van der Waals surface area contributed by atoms with Crippen LogP contribution in [-0.4, -0.2) is 0 Å². The smallest absolute Gasteiger partial charge is 0.0481 e. The van der Waals surface area contributed by atoms with Crippen molar-refractivity contribution in [3.63, 3.8) is 0 Å². The fourth-order valence-corrected chi connectivity index (χ4v) is 1.77. The van der Waals surface area contributed by atoms with Gasteiger partial charge in [0.15, 0.2) is 0 Å². The fraction of sp³-hybridized carbons (Fsp3) is 0.143. The van der Waals surface area contributed by atoms with E-state index in [2.05, 4.69) is 29.0 Å². The lowest BCUT2D eigenvalue weighted by Gasteiger charge is -1.92. The highest BCUT2D eigenvalue weighted by atomic mass is 32.2. The van der Waals surface area contributed by atoms with Crippen molar-refractivity contribution in [2.75, 3.05) is 4.72 Å². The Morgan fingerprint density at radius 1 is 1.44 bits per heavy atom. The van der Waals surface area contributed by atoms with Gasteiger partial charge < -0.3 is 4.72 Å². The van der Waals surface area contributed by atoms with Gasteiger partial charge in [-0.1, -0.05) is 18.2 Å². The number of hydrogen-bond donors (Lipinski definition) is 1. The Balaban J connectivity index is 0.000000500. The van der Waals surface area contributed by atoms with E-state index in [1.807, 2.05) is 0 Å². The number of nitrogens with one attached hydrogen (secondary N) is 1. The minimum atomic E-state index is 0. The Morgan fingerprint density at radius 3 is 3.22 bits per heavy atom. The third-order valence-corrected chi connectivity index (χ3v) is 2.25. The van der Waals surface area contributed by atoms with Crippen LogP contribution in [0.2, 0.25) is 0 Å². The summed E-state index contributed by atoms with van der Waals surface area (Å²) in [7, 11) is 0. The number of anilines is 1. The van der Waals surface area contributed by atoms with Crippen LogP contribution in [0, 0.1) is 0 Å². The van der Waals surface area contributed by atoms with Gasteiger partial charge in [-0.25, -0.2) is 0 Å². The quantitative estimate of drug-likeness (QED) is 0.554. The van der Waals surface area contributed by atoms with Crippen molar-refractivity contribution in [1.82, 2.24) is 0 Å². The summed E-state index contributed by atoms with van der Waals surface area (Å²) in [4.78, 5) is 0. The van der Waals surface area contributed by atoms with Gasteiger partial charge in [0.2, 0.25) is 0 Å². The largest absolute Gasteiger partial charge is 0.329 e. The van der Waals surface area contributed by atoms with Crippen molar-refractivity contribution in [2.24, 2.45) is 0 Å². The normalized spacial score (nSPS) is 14.7. The average Bonchev–Trinajstić information content (AvgIpc) is 2.33. The molecule has 0 saturated carbocycles. The highest BCUT2D eigenvalue weighted by molar-refractivity contribution is 8.00. The van der Waals surface area contributed by atoms with Crippen molar-refractivity contribution in [2.45, 2.75) is 5.75 Å². The summed E-state index contributed by atoms with van der Waals surface area (Å²) in [6, 6.07) is 8.39. The van der Waals surface area contributed by atoms with E-state index in [-0.39, 0.29) is 1.43 Å². The molecule has 0 atom stereocenters. The van der Waals surface area contributed by atoms with Crippen LogP contribution >= 0.6 is 11.9 Å². The van der Waals surface area contributed by atoms with Crippen LogP contribution in [-0.2, 0) is 5.75 Å². The minimum absolute atomic E-state index is 0. The van der Waals surface area contributed by atoms with Gasteiger partial charge in [0, 0.05) is 12.9 Å². The lowest BCUT2D eigenvalue weighted by Crippen LogP contribution is -1.76. The molecule has 1 aliphatic heterocycles. The molecule has 0 amide bonds. The van der Waals surface area contributed by atoms with E-state index in [1.165, 1.54) is 11.3 Å². The number of fused-ring (bicyclic) bond motifs is 1. The Kier molecular flexibility index (Phi) is 1.12. The molecular formula is C7H9NS. The first-order valence-electron chi connectivity index (χ1n) is 2.92. The summed E-state index contributed by atoms with van der Waals surface area (Å²) in [5.74, 6) is 1.11. The molecule has 0 spiro atoms. The van der Waals surface area contributed by atoms with Gasteiger partial charge in [0.25, 0.3) is 0 Å². The Labute approximate surface area is 60.1 Å². The van der Waals surface area contributed by atoms with E-state index in [0.29, 0.717) is 0 Å². The Hall–Kier alpha value is -0.630. The monoisotopic (exact) mass is 139 g/mol. The van der Waals surface area contributed by atoms with Crippen LogP contribution in [0.4, 0.5) is 5.69 Å². The van der Waals surface area contributed by atoms with E-state index >= 15 is 0 Å². The summed E-state index contributed by atoms with van der Waals surface area (Å²) >= 11 is 1.75. The molecule has 0 aromatic heterocycles. The third-order valence-electron chi connectivity index (χ3n) is 1.43. The van der Waals surface area contributed by atoms with Crippen molar-refractivity contribution in [1.29, 1.82) is 0 Å². The van der Waals surface area contributed by atoms with Crippen LogP contribution in [0.25, 0.3) is 0 Å². The lowest BCUT2D eigenvalue weighted by molar-refractivity contribution is 1.46. The number of rotatable bonds is 0. The zero-order chi connectivity index (χ0) is 6.10. The van der Waals surface area contributed by atoms with Crippen LogP contribution in [0.1, 0.15) is 6.99 Å². The SMILES string of the molecule is [HH].c1ccc2c(c1)CSN2. The molecule has 0 saturated heterocycles. The molecule has 1 heterocycles. The highest BCUT2D eigenvalue weighted by Crippen LogP contribution is 2.29. The first-order chi connectivity index (χ1) is 4.47. The summed E-state index contributed by atoms with van der Waals surface area (Å²) in [5.41, 5.74) is 2.70. The van der Waals surface area contributed by atoms with Crippen molar-refractivity contribution < 1.29 is 1.43 Å². The Bertz CT molecular complexity index is 204. The van der Waals surface area contributed by atoms with Gasteiger partial charge >= 0.3 is 0 Å².